The largest absolute Gasteiger partial charge is 0.207 e. The van der Waals surface area contributed by atoms with Gasteiger partial charge in [-0.05, 0) is 71.9 Å². The Morgan fingerprint density at radius 1 is 0.818 bits per heavy atom. The Hall–Kier alpha value is -2.74. The van der Waals surface area contributed by atoms with E-state index in [9.17, 15) is 8.78 Å². The highest BCUT2D eigenvalue weighted by molar-refractivity contribution is 5.69. The molecule has 0 heterocycles. The minimum Gasteiger partial charge on any atom is -0.207 e. The lowest BCUT2D eigenvalue weighted by Crippen LogP contribution is -2.17. The van der Waals surface area contributed by atoms with Crippen molar-refractivity contribution in [1.82, 2.24) is 0 Å². The van der Waals surface area contributed by atoms with Crippen molar-refractivity contribution >= 4 is 12.2 Å². The third-order valence-corrected chi connectivity index (χ3v) is 7.25. The van der Waals surface area contributed by atoms with Gasteiger partial charge in [-0.15, -0.1) is 0 Å². The normalized spacial score (nSPS) is 19.6. The second-order valence-electron chi connectivity index (χ2n) is 9.71. The molecule has 1 atom stereocenters. The molecule has 0 aromatic heterocycles. The van der Waals surface area contributed by atoms with Crippen LogP contribution in [0.15, 0.2) is 72.8 Å². The lowest BCUT2D eigenvalue weighted by Gasteiger charge is -2.30. The Morgan fingerprint density at radius 2 is 1.52 bits per heavy atom. The van der Waals surface area contributed by atoms with Crippen molar-refractivity contribution in [2.75, 3.05) is 0 Å². The van der Waals surface area contributed by atoms with E-state index in [1.54, 1.807) is 24.3 Å². The lowest BCUT2D eigenvalue weighted by atomic mass is 9.75. The molecule has 0 aliphatic heterocycles. The molecule has 3 aromatic rings. The lowest BCUT2D eigenvalue weighted by molar-refractivity contribution is 0.245. The molecule has 1 saturated carbocycles. The number of hydrogen-bond donors (Lipinski definition) is 0. The molecule has 1 aliphatic carbocycles. The van der Waals surface area contributed by atoms with E-state index in [2.05, 4.69) is 37.3 Å². The van der Waals surface area contributed by atoms with Gasteiger partial charge in [0.2, 0.25) is 0 Å². The maximum absolute atomic E-state index is 14.6. The van der Waals surface area contributed by atoms with E-state index in [0.29, 0.717) is 11.5 Å². The summed E-state index contributed by atoms with van der Waals surface area (Å²) in [5.41, 5.74) is 3.95. The van der Waals surface area contributed by atoms with Gasteiger partial charge in [0.25, 0.3) is 0 Å². The predicted octanol–water partition coefficient (Wildman–Crippen LogP) is 9.07. The molecular weight excluding hydrogens is 410 g/mol. The molecule has 4 rings (SSSR count). The maximum atomic E-state index is 14.6. The van der Waals surface area contributed by atoms with Crippen molar-refractivity contribution < 1.29 is 8.78 Å². The molecule has 0 N–H and O–H groups in total. The van der Waals surface area contributed by atoms with Crippen molar-refractivity contribution in [1.29, 1.82) is 0 Å². The minimum absolute atomic E-state index is 0.190. The van der Waals surface area contributed by atoms with Gasteiger partial charge >= 0.3 is 0 Å². The molecule has 172 valence electrons. The fraction of sp³-hybridized carbons (Fsp3) is 0.355. The number of benzene rings is 3. The molecule has 0 bridgehead atoms. The van der Waals surface area contributed by atoms with Crippen molar-refractivity contribution in [3.63, 3.8) is 0 Å². The van der Waals surface area contributed by atoms with Crippen LogP contribution in [0, 0.1) is 23.5 Å². The van der Waals surface area contributed by atoms with E-state index < -0.39 is 0 Å². The van der Waals surface area contributed by atoms with Gasteiger partial charge in [0.1, 0.15) is 11.6 Å². The zero-order chi connectivity index (χ0) is 23.0. The highest BCUT2D eigenvalue weighted by Crippen LogP contribution is 2.37. The van der Waals surface area contributed by atoms with Gasteiger partial charge in [0.15, 0.2) is 0 Å². The average molecular weight is 445 g/mol. The van der Waals surface area contributed by atoms with Crippen molar-refractivity contribution in [2.24, 2.45) is 11.8 Å². The minimum atomic E-state index is -0.266. The van der Waals surface area contributed by atoms with Gasteiger partial charge in [-0.3, -0.25) is 0 Å². The molecule has 0 nitrogen and oxygen atoms in total. The summed E-state index contributed by atoms with van der Waals surface area (Å²) in [6, 6.07) is 22.6. The van der Waals surface area contributed by atoms with E-state index in [-0.39, 0.29) is 11.6 Å². The molecule has 2 heteroatoms. The van der Waals surface area contributed by atoms with Crippen LogP contribution < -0.4 is 0 Å². The molecule has 0 saturated heterocycles. The second-order valence-corrected chi connectivity index (χ2v) is 9.71. The highest BCUT2D eigenvalue weighted by Gasteiger charge is 2.23. The molecular formula is C31H34F2. The van der Waals surface area contributed by atoms with Gasteiger partial charge in [-0.25, -0.2) is 8.78 Å². The van der Waals surface area contributed by atoms with E-state index in [0.717, 1.165) is 35.8 Å². The summed E-state index contributed by atoms with van der Waals surface area (Å²) in [7, 11) is 0. The Kier molecular flexibility index (Phi) is 8.10. The molecule has 33 heavy (non-hydrogen) atoms. The van der Waals surface area contributed by atoms with E-state index >= 15 is 0 Å². The molecule has 0 spiro atoms. The maximum Gasteiger partial charge on any atom is 0.130 e. The Bertz CT molecular complexity index is 1030. The van der Waals surface area contributed by atoms with E-state index in [1.807, 2.05) is 18.2 Å². The van der Waals surface area contributed by atoms with Gasteiger partial charge < -0.3 is 0 Å². The van der Waals surface area contributed by atoms with Crippen LogP contribution in [0.2, 0.25) is 0 Å². The van der Waals surface area contributed by atoms with Crippen LogP contribution in [0.4, 0.5) is 8.78 Å². The van der Waals surface area contributed by atoms with Crippen LogP contribution in [0.1, 0.15) is 73.6 Å². The fourth-order valence-corrected chi connectivity index (χ4v) is 5.17. The first-order chi connectivity index (χ1) is 16.1. The van der Waals surface area contributed by atoms with Crippen LogP contribution in [0.3, 0.4) is 0 Å². The van der Waals surface area contributed by atoms with Crippen LogP contribution in [-0.4, -0.2) is 0 Å². The summed E-state index contributed by atoms with van der Waals surface area (Å²) in [6.45, 7) is 2.36. The van der Waals surface area contributed by atoms with Gasteiger partial charge in [-0.2, -0.15) is 0 Å². The summed E-state index contributed by atoms with van der Waals surface area (Å²) >= 11 is 0. The molecule has 3 aromatic carbocycles. The van der Waals surface area contributed by atoms with Gasteiger partial charge in [0.05, 0.1) is 0 Å². The van der Waals surface area contributed by atoms with Crippen LogP contribution in [0.5, 0.6) is 0 Å². The number of hydrogen-bond acceptors (Lipinski definition) is 0. The zero-order valence-corrected chi connectivity index (χ0v) is 19.5. The molecule has 1 unspecified atom stereocenters. The molecule has 0 amide bonds. The summed E-state index contributed by atoms with van der Waals surface area (Å²) in [5, 5.41) is 0. The van der Waals surface area contributed by atoms with Crippen LogP contribution in [-0.2, 0) is 6.42 Å². The third kappa shape index (κ3) is 6.87. The van der Waals surface area contributed by atoms with Crippen molar-refractivity contribution in [3.05, 3.63) is 107 Å². The standard InChI is InChI=1S/C31H34F2/c1-23(28-5-3-2-4-6-28)21-26-10-7-24(8-11-26)9-12-27-14-18-29(31(33)22-27)17-13-25-15-19-30(32)20-16-25/h2-6,13-20,22-24,26H,7-12,21H2,1H3/b17-13+. The van der Waals surface area contributed by atoms with Crippen LogP contribution >= 0.6 is 0 Å². The smallest absolute Gasteiger partial charge is 0.130 e. The summed E-state index contributed by atoms with van der Waals surface area (Å²) in [6.07, 6.45) is 12.2. The van der Waals surface area contributed by atoms with Crippen molar-refractivity contribution in [3.8, 4) is 0 Å². The molecule has 1 aliphatic rings. The quantitative estimate of drug-likeness (QED) is 0.304. The molecule has 1 fully saturated rings. The SMILES string of the molecule is CC(CC1CCC(CCc2ccc(/C=C/c3ccc(F)cc3)c(F)c2)CC1)c1ccccc1. The summed E-state index contributed by atoms with van der Waals surface area (Å²) in [4.78, 5) is 0. The zero-order valence-electron chi connectivity index (χ0n) is 19.5. The first kappa shape index (κ1) is 23.4. The molecule has 0 radical (unpaired) electrons. The van der Waals surface area contributed by atoms with Crippen LogP contribution in [0.25, 0.3) is 12.2 Å². The monoisotopic (exact) mass is 444 g/mol. The summed E-state index contributed by atoms with van der Waals surface area (Å²) in [5.74, 6) is 1.77. The van der Waals surface area contributed by atoms with Gasteiger partial charge in [-0.1, -0.05) is 99.4 Å². The predicted molar refractivity (Wildman–Crippen MR) is 135 cm³/mol. The topological polar surface area (TPSA) is 0 Å². The first-order valence-electron chi connectivity index (χ1n) is 12.3. The van der Waals surface area contributed by atoms with E-state index in [1.165, 1.54) is 49.8 Å². The van der Waals surface area contributed by atoms with Crippen molar-refractivity contribution in [2.45, 2.75) is 57.8 Å². The second kappa shape index (κ2) is 11.4. The van der Waals surface area contributed by atoms with Gasteiger partial charge in [0, 0.05) is 5.56 Å². The number of aryl methyl sites for hydroxylation is 1. The third-order valence-electron chi connectivity index (χ3n) is 7.25. The highest BCUT2D eigenvalue weighted by atomic mass is 19.1. The number of rotatable bonds is 8. The Morgan fingerprint density at radius 3 is 2.21 bits per heavy atom. The Balaban J connectivity index is 1.23. The first-order valence-corrected chi connectivity index (χ1v) is 12.3. The Labute approximate surface area is 197 Å². The van der Waals surface area contributed by atoms with E-state index in [4.69, 9.17) is 0 Å². The average Bonchev–Trinajstić information content (AvgIpc) is 2.84. The fourth-order valence-electron chi connectivity index (χ4n) is 5.17. The number of halogens is 2. The summed E-state index contributed by atoms with van der Waals surface area (Å²) < 4.78 is 27.6.